The van der Waals surface area contributed by atoms with Gasteiger partial charge >= 0.3 is 6.18 Å². The van der Waals surface area contributed by atoms with Crippen molar-refractivity contribution < 1.29 is 13.2 Å². The van der Waals surface area contributed by atoms with E-state index in [1.807, 2.05) is 10.0 Å². The number of benzene rings is 1. The molecule has 0 fully saturated rings. The smallest absolute Gasteiger partial charge is 0.315 e. The van der Waals surface area contributed by atoms with Crippen molar-refractivity contribution in [2.75, 3.05) is 9.66 Å². The average Bonchev–Trinajstić information content (AvgIpc) is 2.15. The third kappa shape index (κ3) is 2.76. The molecule has 1 aromatic carbocycles. The van der Waals surface area contributed by atoms with Gasteiger partial charge in [0.2, 0.25) is 0 Å². The predicted octanol–water partition coefficient (Wildman–Crippen LogP) is 3.88. The van der Waals surface area contributed by atoms with E-state index in [1.54, 1.807) is 0 Å². The molecule has 0 aliphatic heterocycles. The molecule has 0 bridgehead atoms. The van der Waals surface area contributed by atoms with Gasteiger partial charge in [0.15, 0.2) is 0 Å². The molecule has 14 heavy (non-hydrogen) atoms. The number of hydrogen-bond donors (Lipinski definition) is 0. The molecule has 0 heterocycles. The molecule has 0 spiro atoms. The van der Waals surface area contributed by atoms with Crippen LogP contribution in [-0.4, -0.2) is 6.54 Å². The van der Waals surface area contributed by atoms with Crippen LogP contribution in [0.25, 0.3) is 0 Å². The van der Waals surface area contributed by atoms with Gasteiger partial charge < -0.3 is 3.11 Å². The summed E-state index contributed by atoms with van der Waals surface area (Å²) in [7, 11) is 0. The van der Waals surface area contributed by atoms with Gasteiger partial charge in [-0.15, -0.1) is 0 Å². The first kappa shape index (κ1) is 11.6. The maximum absolute atomic E-state index is 12.2. The highest BCUT2D eigenvalue weighted by atomic mass is 127. The largest absolute Gasteiger partial charge is 0.416 e. The van der Waals surface area contributed by atoms with Gasteiger partial charge in [-0.25, -0.2) is 0 Å². The van der Waals surface area contributed by atoms with Crippen molar-refractivity contribution in [3.8, 4) is 0 Å². The Morgan fingerprint density at radius 1 is 1.21 bits per heavy atom. The van der Waals surface area contributed by atoms with E-state index in [0.717, 1.165) is 24.4 Å². The summed E-state index contributed by atoms with van der Waals surface area (Å²) in [4.78, 5) is 0. The summed E-state index contributed by atoms with van der Waals surface area (Å²) in [6, 6.07) is 5.13. The second-order valence-corrected chi connectivity index (χ2v) is 3.89. The number of halogens is 4. The van der Waals surface area contributed by atoms with Crippen LogP contribution in [0.3, 0.4) is 0 Å². The van der Waals surface area contributed by atoms with Crippen LogP contribution >= 0.6 is 22.9 Å². The van der Waals surface area contributed by atoms with E-state index in [1.165, 1.54) is 12.1 Å². The molecule has 0 amide bonds. The van der Waals surface area contributed by atoms with Crippen LogP contribution in [0.4, 0.5) is 18.9 Å². The van der Waals surface area contributed by atoms with E-state index in [4.69, 9.17) is 0 Å². The lowest BCUT2D eigenvalue weighted by molar-refractivity contribution is -0.137. The second kappa shape index (κ2) is 4.37. The second-order valence-electron chi connectivity index (χ2n) is 2.72. The molecule has 0 saturated carbocycles. The van der Waals surface area contributed by atoms with Crippen molar-refractivity contribution in [3.05, 3.63) is 29.8 Å². The summed E-state index contributed by atoms with van der Waals surface area (Å²) in [6.45, 7) is 2.69. The zero-order valence-electron chi connectivity index (χ0n) is 7.48. The molecule has 0 N–H and O–H groups in total. The van der Waals surface area contributed by atoms with E-state index in [-0.39, 0.29) is 0 Å². The Kier molecular flexibility index (Phi) is 3.63. The molecule has 5 heteroatoms. The third-order valence-electron chi connectivity index (χ3n) is 1.75. The van der Waals surface area contributed by atoms with Gasteiger partial charge in [0.05, 0.1) is 28.4 Å². The Morgan fingerprint density at radius 2 is 1.71 bits per heavy atom. The number of alkyl halides is 3. The maximum Gasteiger partial charge on any atom is 0.416 e. The fraction of sp³-hybridized carbons (Fsp3) is 0.333. The van der Waals surface area contributed by atoms with E-state index in [9.17, 15) is 13.2 Å². The average molecular weight is 315 g/mol. The molecule has 1 rings (SSSR count). The lowest BCUT2D eigenvalue weighted by Crippen LogP contribution is -2.09. The van der Waals surface area contributed by atoms with Crippen molar-refractivity contribution in [1.82, 2.24) is 0 Å². The minimum atomic E-state index is -4.25. The Bertz CT molecular complexity index is 294. The molecule has 0 saturated heterocycles. The molecule has 1 aromatic rings. The quantitative estimate of drug-likeness (QED) is 0.591. The minimum Gasteiger partial charge on any atom is -0.315 e. The van der Waals surface area contributed by atoms with Crippen LogP contribution in [0.1, 0.15) is 12.5 Å². The Hall–Kier alpha value is -0.460. The van der Waals surface area contributed by atoms with E-state index < -0.39 is 11.7 Å². The topological polar surface area (TPSA) is 3.24 Å². The molecular weight excluding hydrogens is 306 g/mol. The monoisotopic (exact) mass is 315 g/mol. The standard InChI is InChI=1S/C9H9F3IN/c1-2-14(13)8-5-3-7(4-6-8)9(10,11)12/h3-6H,2H2,1H3. The van der Waals surface area contributed by atoms with Crippen LogP contribution < -0.4 is 3.11 Å². The minimum absolute atomic E-state index is 0.609. The highest BCUT2D eigenvalue weighted by molar-refractivity contribution is 14.1. The zero-order valence-corrected chi connectivity index (χ0v) is 9.63. The first-order valence-corrected chi connectivity index (χ1v) is 5.02. The fourth-order valence-corrected chi connectivity index (χ4v) is 1.32. The lowest BCUT2D eigenvalue weighted by atomic mass is 10.2. The van der Waals surface area contributed by atoms with Crippen LogP contribution in [0.2, 0.25) is 0 Å². The van der Waals surface area contributed by atoms with Crippen LogP contribution in [0, 0.1) is 0 Å². The molecule has 0 aliphatic carbocycles. The zero-order chi connectivity index (χ0) is 10.8. The predicted molar refractivity (Wildman–Crippen MR) is 58.5 cm³/mol. The summed E-state index contributed by atoms with van der Waals surface area (Å²) < 4.78 is 38.4. The first-order chi connectivity index (χ1) is 6.45. The number of rotatable bonds is 2. The maximum atomic E-state index is 12.2. The summed E-state index contributed by atoms with van der Waals surface area (Å²) in [5, 5.41) is 0. The van der Waals surface area contributed by atoms with Crippen LogP contribution in [0.5, 0.6) is 0 Å². The van der Waals surface area contributed by atoms with Crippen molar-refractivity contribution in [1.29, 1.82) is 0 Å². The van der Waals surface area contributed by atoms with E-state index >= 15 is 0 Å². The van der Waals surface area contributed by atoms with Crippen LogP contribution in [0.15, 0.2) is 24.3 Å². The Labute approximate surface area is 94.4 Å². The molecule has 0 radical (unpaired) electrons. The summed E-state index contributed by atoms with van der Waals surface area (Å²) in [5.74, 6) is 0. The van der Waals surface area contributed by atoms with Crippen molar-refractivity contribution in [2.24, 2.45) is 0 Å². The molecule has 78 valence electrons. The van der Waals surface area contributed by atoms with Gasteiger partial charge in [-0.1, -0.05) is 0 Å². The van der Waals surface area contributed by atoms with Gasteiger partial charge in [-0.2, -0.15) is 13.2 Å². The van der Waals surface area contributed by atoms with Crippen LogP contribution in [-0.2, 0) is 6.18 Å². The highest BCUT2D eigenvalue weighted by Gasteiger charge is 2.29. The van der Waals surface area contributed by atoms with Gasteiger partial charge in [0.25, 0.3) is 0 Å². The molecule has 0 atom stereocenters. The molecule has 0 aliphatic rings. The molecule has 0 unspecified atom stereocenters. The molecular formula is C9H9F3IN. The van der Waals surface area contributed by atoms with Gasteiger partial charge in [-0.05, 0) is 31.2 Å². The molecule has 1 nitrogen and oxygen atoms in total. The highest BCUT2D eigenvalue weighted by Crippen LogP contribution is 2.30. The number of anilines is 1. The summed E-state index contributed by atoms with van der Waals surface area (Å²) >= 11 is 2.06. The first-order valence-electron chi connectivity index (χ1n) is 4.05. The van der Waals surface area contributed by atoms with Gasteiger partial charge in [0, 0.05) is 12.2 Å². The van der Waals surface area contributed by atoms with E-state index in [2.05, 4.69) is 22.9 Å². The normalized spacial score (nSPS) is 11.5. The SMILES string of the molecule is CCN(I)c1ccc(C(F)(F)F)cc1. The Morgan fingerprint density at radius 3 is 2.07 bits per heavy atom. The summed E-state index contributed by atoms with van der Waals surface area (Å²) in [6.07, 6.45) is -4.25. The van der Waals surface area contributed by atoms with Gasteiger partial charge in [0.1, 0.15) is 0 Å². The van der Waals surface area contributed by atoms with Gasteiger partial charge in [-0.3, -0.25) is 0 Å². The van der Waals surface area contributed by atoms with E-state index in [0.29, 0.717) is 0 Å². The summed E-state index contributed by atoms with van der Waals surface area (Å²) in [5.41, 5.74) is 0.170. The fourth-order valence-electron chi connectivity index (χ4n) is 0.995. The number of hydrogen-bond acceptors (Lipinski definition) is 1. The number of nitrogens with zero attached hydrogens (tertiary/aromatic N) is 1. The van der Waals surface area contributed by atoms with Crippen molar-refractivity contribution >= 4 is 28.6 Å². The Balaban J connectivity index is 2.89. The molecule has 0 aromatic heterocycles. The lowest BCUT2D eigenvalue weighted by Gasteiger charge is -2.14. The third-order valence-corrected chi connectivity index (χ3v) is 2.99. The van der Waals surface area contributed by atoms with Crippen molar-refractivity contribution in [2.45, 2.75) is 13.1 Å². The van der Waals surface area contributed by atoms with Crippen molar-refractivity contribution in [3.63, 3.8) is 0 Å².